The maximum atomic E-state index is 11.0. The van der Waals surface area contributed by atoms with E-state index in [2.05, 4.69) is 10.9 Å². The second-order valence-electron chi connectivity index (χ2n) is 4.10. The Labute approximate surface area is 120 Å². The highest BCUT2D eigenvalue weighted by atomic mass is 16.6. The van der Waals surface area contributed by atoms with E-state index in [0.717, 1.165) is 5.56 Å². The van der Waals surface area contributed by atoms with Crippen LogP contribution in [0.2, 0.25) is 0 Å². The predicted molar refractivity (Wildman–Crippen MR) is 76.7 cm³/mol. The highest BCUT2D eigenvalue weighted by Gasteiger charge is 2.15. The maximum absolute atomic E-state index is 11.0. The van der Waals surface area contributed by atoms with E-state index in [0.29, 0.717) is 18.8 Å². The summed E-state index contributed by atoms with van der Waals surface area (Å²) in [7, 11) is 0. The number of amides is 1. The number of nitrogens with one attached hydrogen (secondary N) is 2. The lowest BCUT2D eigenvalue weighted by Gasteiger charge is -2.09. The zero-order valence-electron chi connectivity index (χ0n) is 11.0. The summed E-state index contributed by atoms with van der Waals surface area (Å²) >= 11 is 0. The molecule has 0 aliphatic rings. The molecule has 0 atom stereocenters. The Morgan fingerprint density at radius 3 is 2.62 bits per heavy atom. The Balaban J connectivity index is 2.12. The summed E-state index contributed by atoms with van der Waals surface area (Å²) in [6.07, 6.45) is 0.392. The molecule has 108 valence electrons. The van der Waals surface area contributed by atoms with Gasteiger partial charge in [-0.1, -0.05) is 30.3 Å². The summed E-state index contributed by atoms with van der Waals surface area (Å²) in [4.78, 5) is 20.7. The zero-order chi connectivity index (χ0) is 15.1. The van der Waals surface area contributed by atoms with Crippen LogP contribution >= 0.6 is 0 Å². The highest BCUT2D eigenvalue weighted by molar-refractivity contribution is 5.65. The molecule has 0 unspecified atom stereocenters. The molecule has 0 saturated carbocycles. The third-order valence-electron chi connectivity index (χ3n) is 2.68. The van der Waals surface area contributed by atoms with E-state index in [1.807, 2.05) is 30.3 Å². The van der Waals surface area contributed by atoms with Gasteiger partial charge in [-0.05, 0) is 17.7 Å². The van der Waals surface area contributed by atoms with Gasteiger partial charge in [0.1, 0.15) is 18.0 Å². The lowest BCUT2D eigenvalue weighted by atomic mass is 10.2. The molecule has 2 rings (SSSR count). The lowest BCUT2D eigenvalue weighted by molar-refractivity contribution is -0.384. The van der Waals surface area contributed by atoms with Gasteiger partial charge in [-0.15, -0.1) is 0 Å². The number of anilines is 1. The van der Waals surface area contributed by atoms with Crippen LogP contribution < -0.4 is 15.6 Å². The van der Waals surface area contributed by atoms with E-state index in [1.165, 1.54) is 12.1 Å². The number of carbonyl (C=O) groups excluding carboxylic acids is 1. The second-order valence-corrected chi connectivity index (χ2v) is 4.10. The van der Waals surface area contributed by atoms with Gasteiger partial charge in [-0.2, -0.15) is 0 Å². The van der Waals surface area contributed by atoms with Crippen molar-refractivity contribution in [2.45, 2.75) is 6.61 Å². The molecule has 0 saturated heterocycles. The van der Waals surface area contributed by atoms with Gasteiger partial charge in [-0.3, -0.25) is 25.8 Å². The van der Waals surface area contributed by atoms with Gasteiger partial charge in [0.2, 0.25) is 6.41 Å². The van der Waals surface area contributed by atoms with Gasteiger partial charge in [0.15, 0.2) is 0 Å². The number of hydrazine groups is 1. The van der Waals surface area contributed by atoms with Crippen molar-refractivity contribution in [3.8, 4) is 5.75 Å². The van der Waals surface area contributed by atoms with Crippen molar-refractivity contribution in [3.63, 3.8) is 0 Å². The highest BCUT2D eigenvalue weighted by Crippen LogP contribution is 2.28. The van der Waals surface area contributed by atoms with Gasteiger partial charge in [0.25, 0.3) is 5.69 Å². The molecule has 7 heteroatoms. The minimum Gasteiger partial charge on any atom is -0.489 e. The molecule has 0 aromatic heterocycles. The lowest BCUT2D eigenvalue weighted by Crippen LogP contribution is -2.19. The monoisotopic (exact) mass is 287 g/mol. The van der Waals surface area contributed by atoms with Gasteiger partial charge < -0.3 is 4.74 Å². The average Bonchev–Trinajstić information content (AvgIpc) is 2.52. The molecular weight excluding hydrogens is 274 g/mol. The van der Waals surface area contributed by atoms with Crippen LogP contribution in [0, 0.1) is 10.1 Å². The normalized spacial score (nSPS) is 9.71. The summed E-state index contributed by atoms with van der Waals surface area (Å²) in [5.74, 6) is 0.377. The largest absolute Gasteiger partial charge is 0.489 e. The first-order valence-corrected chi connectivity index (χ1v) is 6.11. The van der Waals surface area contributed by atoms with Crippen molar-refractivity contribution in [1.29, 1.82) is 0 Å². The van der Waals surface area contributed by atoms with E-state index in [9.17, 15) is 14.9 Å². The first-order valence-electron chi connectivity index (χ1n) is 6.11. The predicted octanol–water partition coefficient (Wildman–Crippen LogP) is 2.25. The van der Waals surface area contributed by atoms with Crippen molar-refractivity contribution >= 4 is 17.8 Å². The van der Waals surface area contributed by atoms with E-state index < -0.39 is 4.92 Å². The van der Waals surface area contributed by atoms with Crippen LogP contribution in [0.25, 0.3) is 0 Å². The van der Waals surface area contributed by atoms with Crippen molar-refractivity contribution in [3.05, 3.63) is 64.2 Å². The molecule has 0 bridgehead atoms. The van der Waals surface area contributed by atoms with E-state index in [-0.39, 0.29) is 11.4 Å². The first-order chi connectivity index (χ1) is 10.2. The Bertz CT molecular complexity index is 631. The molecule has 2 aromatic carbocycles. The van der Waals surface area contributed by atoms with Crippen molar-refractivity contribution in [2.75, 3.05) is 5.43 Å². The number of nitro benzene ring substituents is 1. The van der Waals surface area contributed by atoms with Crippen LogP contribution in [0.3, 0.4) is 0 Å². The molecule has 1 amide bonds. The number of benzene rings is 2. The van der Waals surface area contributed by atoms with Crippen LogP contribution in [0.4, 0.5) is 11.4 Å². The van der Waals surface area contributed by atoms with E-state index in [1.54, 1.807) is 6.07 Å². The topological polar surface area (TPSA) is 93.5 Å². The first kappa shape index (κ1) is 14.3. The number of hydrogen-bond acceptors (Lipinski definition) is 5. The van der Waals surface area contributed by atoms with Crippen molar-refractivity contribution < 1.29 is 14.5 Å². The van der Waals surface area contributed by atoms with Gasteiger partial charge in [0, 0.05) is 0 Å². The summed E-state index contributed by atoms with van der Waals surface area (Å²) < 4.78 is 5.52. The third kappa shape index (κ3) is 3.93. The molecule has 7 nitrogen and oxygen atoms in total. The summed E-state index contributed by atoms with van der Waals surface area (Å²) in [5.41, 5.74) is 5.55. The summed E-state index contributed by atoms with van der Waals surface area (Å²) in [6, 6.07) is 13.8. The maximum Gasteiger partial charge on any atom is 0.297 e. The zero-order valence-corrected chi connectivity index (χ0v) is 11.0. The molecule has 2 aromatic rings. The second kappa shape index (κ2) is 6.90. The van der Waals surface area contributed by atoms with Gasteiger partial charge in [-0.25, -0.2) is 0 Å². The fourth-order valence-corrected chi connectivity index (χ4v) is 1.71. The standard InChI is InChI=1S/C14H13N3O4/c18-10-15-16-13-7-6-12(8-14(13)17(19)20)21-9-11-4-2-1-3-5-11/h1-8,10,16H,9H2,(H,15,18). The van der Waals surface area contributed by atoms with Gasteiger partial charge >= 0.3 is 0 Å². The Hall–Kier alpha value is -3.09. The third-order valence-corrected chi connectivity index (χ3v) is 2.68. The number of hydrogen-bond donors (Lipinski definition) is 2. The number of rotatable bonds is 7. The van der Waals surface area contributed by atoms with Crippen LogP contribution in [-0.4, -0.2) is 11.3 Å². The molecule has 2 N–H and O–H groups in total. The number of nitrogens with zero attached hydrogens (tertiary/aromatic N) is 1. The molecular formula is C14H13N3O4. The Morgan fingerprint density at radius 1 is 1.19 bits per heavy atom. The quantitative estimate of drug-likeness (QED) is 0.463. The van der Waals surface area contributed by atoms with E-state index >= 15 is 0 Å². The molecule has 0 radical (unpaired) electrons. The summed E-state index contributed by atoms with van der Waals surface area (Å²) in [6.45, 7) is 0.317. The van der Waals surface area contributed by atoms with Crippen LogP contribution in [0.5, 0.6) is 5.75 Å². The van der Waals surface area contributed by atoms with Crippen LogP contribution in [0.1, 0.15) is 5.56 Å². The van der Waals surface area contributed by atoms with Crippen LogP contribution in [0.15, 0.2) is 48.5 Å². The van der Waals surface area contributed by atoms with Gasteiger partial charge in [0.05, 0.1) is 11.0 Å². The molecule has 0 aliphatic carbocycles. The molecule has 0 heterocycles. The number of nitro groups is 1. The minimum atomic E-state index is -0.551. The number of carbonyl (C=O) groups is 1. The average molecular weight is 287 g/mol. The molecule has 0 aliphatic heterocycles. The smallest absolute Gasteiger partial charge is 0.297 e. The van der Waals surface area contributed by atoms with E-state index in [4.69, 9.17) is 4.74 Å². The Kier molecular flexibility index (Phi) is 4.70. The Morgan fingerprint density at radius 2 is 1.95 bits per heavy atom. The minimum absolute atomic E-state index is 0.180. The molecule has 0 fully saturated rings. The SMILES string of the molecule is O=CNNc1ccc(OCc2ccccc2)cc1[N+](=O)[O-]. The fourth-order valence-electron chi connectivity index (χ4n) is 1.71. The molecule has 21 heavy (non-hydrogen) atoms. The van der Waals surface area contributed by atoms with Crippen LogP contribution in [-0.2, 0) is 11.4 Å². The summed E-state index contributed by atoms with van der Waals surface area (Å²) in [5, 5.41) is 11.0. The fraction of sp³-hybridized carbons (Fsp3) is 0.0714. The van der Waals surface area contributed by atoms with Crippen molar-refractivity contribution in [2.24, 2.45) is 0 Å². The molecule has 0 spiro atoms. The number of ether oxygens (including phenoxy) is 1. The van der Waals surface area contributed by atoms with Crippen molar-refractivity contribution in [1.82, 2.24) is 5.43 Å².